The minimum atomic E-state index is -0.114. The number of hydrogen-bond donors (Lipinski definition) is 1. The number of aryl methyl sites for hydroxylation is 1. The van der Waals surface area contributed by atoms with Crippen molar-refractivity contribution < 1.29 is 4.79 Å². The molecule has 35 heavy (non-hydrogen) atoms. The number of anilines is 1. The summed E-state index contributed by atoms with van der Waals surface area (Å²) in [6, 6.07) is 13.4. The van der Waals surface area contributed by atoms with Crippen molar-refractivity contribution in [3.63, 3.8) is 0 Å². The van der Waals surface area contributed by atoms with Gasteiger partial charge in [0.2, 0.25) is 5.91 Å². The number of pyridine rings is 1. The Morgan fingerprint density at radius 1 is 1.03 bits per heavy atom. The highest BCUT2D eigenvalue weighted by molar-refractivity contribution is 5.77. The summed E-state index contributed by atoms with van der Waals surface area (Å²) in [7, 11) is 0. The monoisotopic (exact) mass is 474 g/mol. The molecule has 1 unspecified atom stereocenters. The number of benzene rings is 1. The lowest BCUT2D eigenvalue weighted by Crippen LogP contribution is -2.50. The van der Waals surface area contributed by atoms with Crippen LogP contribution in [0.3, 0.4) is 0 Å². The summed E-state index contributed by atoms with van der Waals surface area (Å²) in [5.74, 6) is 2.47. The van der Waals surface area contributed by atoms with E-state index < -0.39 is 0 Å². The van der Waals surface area contributed by atoms with Gasteiger partial charge in [0.25, 0.3) is 5.56 Å². The fourth-order valence-corrected chi connectivity index (χ4v) is 5.32. The molecule has 2 saturated heterocycles. The lowest BCUT2D eigenvalue weighted by molar-refractivity contribution is -0.133. The van der Waals surface area contributed by atoms with Gasteiger partial charge in [-0.05, 0) is 49.4 Å². The van der Waals surface area contributed by atoms with Crippen LogP contribution >= 0.6 is 0 Å². The number of carbonyl (C=O) groups excluding carboxylic acids is 1. The molecule has 1 atom stereocenters. The zero-order valence-electron chi connectivity index (χ0n) is 20.2. The van der Waals surface area contributed by atoms with E-state index in [0.29, 0.717) is 41.9 Å². The second-order valence-electron chi connectivity index (χ2n) is 9.71. The first-order valence-electron chi connectivity index (χ1n) is 12.8. The summed E-state index contributed by atoms with van der Waals surface area (Å²) in [5, 5.41) is 0.602. The molecule has 3 aromatic rings. The number of H-pyrrole nitrogens is 1. The summed E-state index contributed by atoms with van der Waals surface area (Å²) in [6.45, 7) is 6.84. The molecule has 2 aromatic heterocycles. The van der Waals surface area contributed by atoms with Crippen molar-refractivity contribution in [3.05, 3.63) is 64.8 Å². The molecule has 2 aliphatic heterocycles. The maximum atomic E-state index is 12.9. The maximum Gasteiger partial charge on any atom is 0.258 e. The predicted octanol–water partition coefficient (Wildman–Crippen LogP) is 2.70. The quantitative estimate of drug-likeness (QED) is 0.567. The van der Waals surface area contributed by atoms with Crippen LogP contribution in [0.25, 0.3) is 10.9 Å². The molecule has 184 valence electrons. The van der Waals surface area contributed by atoms with Crippen LogP contribution in [-0.4, -0.2) is 76.5 Å². The number of nitrogens with zero attached hydrogens (tertiary/aromatic N) is 5. The molecule has 0 radical (unpaired) electrons. The molecule has 2 aliphatic rings. The fourth-order valence-electron chi connectivity index (χ4n) is 5.32. The largest absolute Gasteiger partial charge is 0.354 e. The van der Waals surface area contributed by atoms with E-state index in [4.69, 9.17) is 0 Å². The molecule has 0 aliphatic carbocycles. The van der Waals surface area contributed by atoms with Crippen LogP contribution in [0.4, 0.5) is 5.82 Å². The third-order valence-corrected chi connectivity index (χ3v) is 7.20. The molecule has 1 amide bonds. The van der Waals surface area contributed by atoms with Crippen molar-refractivity contribution >= 4 is 22.6 Å². The van der Waals surface area contributed by atoms with Crippen LogP contribution in [-0.2, 0) is 11.2 Å². The minimum absolute atomic E-state index is 0.114. The Balaban J connectivity index is 1.07. The van der Waals surface area contributed by atoms with Crippen molar-refractivity contribution in [3.8, 4) is 0 Å². The predicted molar refractivity (Wildman–Crippen MR) is 137 cm³/mol. The molecule has 5 rings (SSSR count). The van der Waals surface area contributed by atoms with Crippen molar-refractivity contribution in [2.24, 2.45) is 5.92 Å². The number of para-hydroxylation sites is 1. The number of aromatic amines is 1. The first-order chi connectivity index (χ1) is 17.2. The average Bonchev–Trinajstić information content (AvgIpc) is 2.90. The van der Waals surface area contributed by atoms with Crippen LogP contribution in [0.2, 0.25) is 0 Å². The van der Waals surface area contributed by atoms with Gasteiger partial charge in [0, 0.05) is 64.9 Å². The SMILES string of the molecule is O=C(CCCc1nc2ccccc2c(=O)[nH]1)N1CCCC(CN2CCN(c3ccccn3)CC2)C1. The highest BCUT2D eigenvalue weighted by atomic mass is 16.2. The second kappa shape index (κ2) is 11.0. The zero-order valence-corrected chi connectivity index (χ0v) is 20.2. The topological polar surface area (TPSA) is 85.4 Å². The van der Waals surface area contributed by atoms with Crippen LogP contribution in [0, 0.1) is 5.92 Å². The summed E-state index contributed by atoms with van der Waals surface area (Å²) in [5.41, 5.74) is 0.592. The molecule has 0 saturated carbocycles. The van der Waals surface area contributed by atoms with Crippen molar-refractivity contribution in [2.45, 2.75) is 32.1 Å². The molecular formula is C27H34N6O2. The summed E-state index contributed by atoms with van der Waals surface area (Å²) in [6.07, 6.45) is 5.90. The first-order valence-corrected chi connectivity index (χ1v) is 12.8. The fraction of sp³-hybridized carbons (Fsp3) is 0.481. The Hall–Kier alpha value is -3.26. The molecule has 0 bridgehead atoms. The van der Waals surface area contributed by atoms with Gasteiger partial charge >= 0.3 is 0 Å². The van der Waals surface area contributed by atoms with E-state index in [-0.39, 0.29) is 11.5 Å². The number of aromatic nitrogens is 3. The molecule has 8 heteroatoms. The van der Waals surface area contributed by atoms with Gasteiger partial charge in [-0.2, -0.15) is 0 Å². The molecule has 8 nitrogen and oxygen atoms in total. The summed E-state index contributed by atoms with van der Waals surface area (Å²) in [4.78, 5) is 44.0. The van der Waals surface area contributed by atoms with Crippen molar-refractivity contribution in [1.82, 2.24) is 24.8 Å². The van der Waals surface area contributed by atoms with Gasteiger partial charge in [-0.15, -0.1) is 0 Å². The highest BCUT2D eigenvalue weighted by Crippen LogP contribution is 2.21. The lowest BCUT2D eigenvalue weighted by Gasteiger charge is -2.39. The third-order valence-electron chi connectivity index (χ3n) is 7.20. The molecule has 2 fully saturated rings. The van der Waals surface area contributed by atoms with Gasteiger partial charge in [-0.25, -0.2) is 9.97 Å². The standard InChI is InChI=1S/C27H34N6O2/c34-26(12-5-10-24-29-23-9-2-1-8-22(23)27(35)30-24)33-14-6-7-21(20-33)19-31-15-17-32(18-16-31)25-11-3-4-13-28-25/h1-4,8-9,11,13,21H,5-7,10,12,14-20H2,(H,29,30,35). The first kappa shape index (κ1) is 23.5. The van der Waals surface area contributed by atoms with Gasteiger partial charge in [0.1, 0.15) is 11.6 Å². The van der Waals surface area contributed by atoms with E-state index in [0.717, 1.165) is 58.1 Å². The van der Waals surface area contributed by atoms with Gasteiger partial charge in [0.15, 0.2) is 0 Å². The molecular weight excluding hydrogens is 440 g/mol. The Kier molecular flexibility index (Phi) is 7.37. The van der Waals surface area contributed by atoms with Crippen LogP contribution in [0.1, 0.15) is 31.5 Å². The Bertz CT molecular complexity index is 1190. The zero-order chi connectivity index (χ0) is 24.0. The van der Waals surface area contributed by atoms with E-state index in [1.807, 2.05) is 36.5 Å². The van der Waals surface area contributed by atoms with E-state index >= 15 is 0 Å². The van der Waals surface area contributed by atoms with E-state index in [2.05, 4.69) is 35.7 Å². The van der Waals surface area contributed by atoms with E-state index in [9.17, 15) is 9.59 Å². The maximum absolute atomic E-state index is 12.9. The average molecular weight is 475 g/mol. The normalized spacial score (nSPS) is 19.3. The second-order valence-corrected chi connectivity index (χ2v) is 9.71. The van der Waals surface area contributed by atoms with Gasteiger partial charge in [0.05, 0.1) is 10.9 Å². The van der Waals surface area contributed by atoms with E-state index in [1.54, 1.807) is 6.07 Å². The summed E-state index contributed by atoms with van der Waals surface area (Å²) >= 11 is 0. The van der Waals surface area contributed by atoms with Crippen molar-refractivity contribution in [2.75, 3.05) is 50.7 Å². The van der Waals surface area contributed by atoms with Crippen molar-refractivity contribution in [1.29, 1.82) is 0 Å². The van der Waals surface area contributed by atoms with E-state index in [1.165, 1.54) is 6.42 Å². The summed E-state index contributed by atoms with van der Waals surface area (Å²) < 4.78 is 0. The van der Waals surface area contributed by atoms with Gasteiger partial charge in [-0.1, -0.05) is 18.2 Å². The van der Waals surface area contributed by atoms with Crippen LogP contribution in [0.5, 0.6) is 0 Å². The van der Waals surface area contributed by atoms with Crippen LogP contribution in [0.15, 0.2) is 53.5 Å². The minimum Gasteiger partial charge on any atom is -0.354 e. The number of nitrogens with one attached hydrogen (secondary N) is 1. The number of rotatable bonds is 7. The third kappa shape index (κ3) is 5.88. The Labute approximate surface area is 206 Å². The number of piperazine rings is 1. The molecule has 1 aromatic carbocycles. The molecule has 0 spiro atoms. The number of amides is 1. The van der Waals surface area contributed by atoms with Gasteiger partial charge < -0.3 is 14.8 Å². The molecule has 1 N–H and O–H groups in total. The Morgan fingerprint density at radius 3 is 2.69 bits per heavy atom. The number of piperidine rings is 1. The highest BCUT2D eigenvalue weighted by Gasteiger charge is 2.26. The van der Waals surface area contributed by atoms with Gasteiger partial charge in [-0.3, -0.25) is 14.5 Å². The number of likely N-dealkylation sites (tertiary alicyclic amines) is 1. The number of fused-ring (bicyclic) bond motifs is 1. The smallest absolute Gasteiger partial charge is 0.258 e. The Morgan fingerprint density at radius 2 is 1.86 bits per heavy atom. The lowest BCUT2D eigenvalue weighted by atomic mass is 9.96. The molecule has 4 heterocycles. The number of hydrogen-bond acceptors (Lipinski definition) is 6. The van der Waals surface area contributed by atoms with Crippen LogP contribution < -0.4 is 10.5 Å². The number of carbonyl (C=O) groups is 1.